The highest BCUT2D eigenvalue weighted by molar-refractivity contribution is 5.37. The Morgan fingerprint density at radius 2 is 2.10 bits per heavy atom. The second kappa shape index (κ2) is 5.50. The van der Waals surface area contributed by atoms with Crippen LogP contribution >= 0.6 is 0 Å². The highest BCUT2D eigenvalue weighted by atomic mass is 15.3. The first kappa shape index (κ1) is 14.1. The van der Waals surface area contributed by atoms with Crippen LogP contribution in [0, 0.1) is 0 Å². The highest BCUT2D eigenvalue weighted by Gasteiger charge is 2.43. The van der Waals surface area contributed by atoms with E-state index in [4.69, 9.17) is 0 Å². The van der Waals surface area contributed by atoms with Crippen LogP contribution < -0.4 is 5.32 Å². The van der Waals surface area contributed by atoms with Crippen LogP contribution in [-0.4, -0.2) is 29.6 Å². The van der Waals surface area contributed by atoms with Gasteiger partial charge in [0.1, 0.15) is 0 Å². The molecule has 1 aliphatic heterocycles. The Bertz CT molecular complexity index is 466. The molecule has 20 heavy (non-hydrogen) atoms. The second-order valence-electron chi connectivity index (χ2n) is 7.01. The minimum absolute atomic E-state index is 0.360. The number of hydrogen-bond donors (Lipinski definition) is 1. The molecular weight excluding hydrogens is 244 g/mol. The first-order chi connectivity index (χ1) is 9.63. The van der Waals surface area contributed by atoms with Crippen molar-refractivity contribution < 1.29 is 0 Å². The fraction of sp³-hybridized carbons (Fsp3) is 0.667. The molecule has 0 amide bonds. The molecule has 110 valence electrons. The quantitative estimate of drug-likeness (QED) is 0.902. The lowest BCUT2D eigenvalue weighted by atomic mass is 9.98. The van der Waals surface area contributed by atoms with Crippen molar-refractivity contribution in [3.8, 4) is 0 Å². The second-order valence-corrected chi connectivity index (χ2v) is 7.01. The van der Waals surface area contributed by atoms with Gasteiger partial charge in [0.05, 0.1) is 0 Å². The van der Waals surface area contributed by atoms with Crippen LogP contribution in [0.5, 0.6) is 0 Å². The predicted octanol–water partition coefficient (Wildman–Crippen LogP) is 3.53. The van der Waals surface area contributed by atoms with E-state index in [1.165, 1.54) is 37.8 Å². The van der Waals surface area contributed by atoms with Crippen LogP contribution in [-0.2, 0) is 6.42 Å². The number of likely N-dealkylation sites (tertiary alicyclic amines) is 1. The molecular formula is C18H28N2. The maximum atomic E-state index is 3.81. The van der Waals surface area contributed by atoms with Crippen LogP contribution in [0.1, 0.15) is 57.2 Å². The van der Waals surface area contributed by atoms with Crippen LogP contribution in [0.3, 0.4) is 0 Å². The summed E-state index contributed by atoms with van der Waals surface area (Å²) in [6.45, 7) is 9.46. The molecule has 2 nitrogen and oxygen atoms in total. The van der Waals surface area contributed by atoms with E-state index in [1.54, 1.807) is 5.56 Å². The Morgan fingerprint density at radius 3 is 2.80 bits per heavy atom. The molecule has 2 atom stereocenters. The van der Waals surface area contributed by atoms with E-state index in [2.05, 4.69) is 55.3 Å². The average Bonchev–Trinajstić information content (AvgIpc) is 2.95. The Kier molecular flexibility index (Phi) is 3.87. The smallest absolute Gasteiger partial charge is 0.0484 e. The first-order valence-electron chi connectivity index (χ1n) is 8.21. The van der Waals surface area contributed by atoms with Gasteiger partial charge in [0.2, 0.25) is 0 Å². The maximum absolute atomic E-state index is 3.81. The van der Waals surface area contributed by atoms with Crippen molar-refractivity contribution in [2.45, 2.75) is 64.1 Å². The minimum Gasteiger partial charge on any atom is -0.309 e. The lowest BCUT2D eigenvalue weighted by molar-refractivity contribution is 0.0960. The molecule has 1 N–H and O–H groups in total. The largest absolute Gasteiger partial charge is 0.309 e. The molecule has 3 rings (SSSR count). The van der Waals surface area contributed by atoms with Gasteiger partial charge in [0, 0.05) is 17.6 Å². The van der Waals surface area contributed by atoms with Gasteiger partial charge in [-0.2, -0.15) is 0 Å². The van der Waals surface area contributed by atoms with E-state index >= 15 is 0 Å². The van der Waals surface area contributed by atoms with Gasteiger partial charge in [0.15, 0.2) is 0 Å². The predicted molar refractivity (Wildman–Crippen MR) is 85.0 cm³/mol. The Balaban J connectivity index is 1.87. The van der Waals surface area contributed by atoms with Crippen LogP contribution in [0.2, 0.25) is 0 Å². The van der Waals surface area contributed by atoms with Crippen molar-refractivity contribution in [1.29, 1.82) is 0 Å². The fourth-order valence-corrected chi connectivity index (χ4v) is 4.15. The molecule has 0 aromatic heterocycles. The molecule has 1 heterocycles. The Labute approximate surface area is 123 Å². The molecule has 0 spiro atoms. The third-order valence-electron chi connectivity index (χ3n) is 5.18. The molecule has 0 radical (unpaired) electrons. The summed E-state index contributed by atoms with van der Waals surface area (Å²) >= 11 is 0. The van der Waals surface area contributed by atoms with E-state index in [9.17, 15) is 0 Å². The van der Waals surface area contributed by atoms with E-state index < -0.39 is 0 Å². The first-order valence-corrected chi connectivity index (χ1v) is 8.21. The number of benzene rings is 1. The van der Waals surface area contributed by atoms with Crippen molar-refractivity contribution in [2.24, 2.45) is 0 Å². The summed E-state index contributed by atoms with van der Waals surface area (Å²) in [5.41, 5.74) is 3.45. The van der Waals surface area contributed by atoms with E-state index in [0.717, 1.165) is 6.54 Å². The number of rotatable bonds is 4. The Morgan fingerprint density at radius 1 is 1.30 bits per heavy atom. The van der Waals surface area contributed by atoms with Crippen molar-refractivity contribution in [2.75, 3.05) is 13.1 Å². The number of hydrogen-bond acceptors (Lipinski definition) is 2. The Hall–Kier alpha value is -0.860. The summed E-state index contributed by atoms with van der Waals surface area (Å²) in [4.78, 5) is 2.76. The third-order valence-corrected chi connectivity index (χ3v) is 5.18. The van der Waals surface area contributed by atoms with Gasteiger partial charge in [0.25, 0.3) is 0 Å². The number of nitrogens with one attached hydrogen (secondary N) is 1. The normalized spacial score (nSPS) is 28.8. The van der Waals surface area contributed by atoms with Crippen LogP contribution in [0.4, 0.5) is 0 Å². The van der Waals surface area contributed by atoms with E-state index in [1.807, 2.05) is 0 Å². The zero-order valence-electron chi connectivity index (χ0n) is 13.2. The maximum Gasteiger partial charge on any atom is 0.0484 e. The average molecular weight is 272 g/mol. The van der Waals surface area contributed by atoms with Gasteiger partial charge in [-0.15, -0.1) is 0 Å². The molecule has 1 aliphatic carbocycles. The highest BCUT2D eigenvalue weighted by Crippen LogP contribution is 2.40. The monoisotopic (exact) mass is 272 g/mol. The van der Waals surface area contributed by atoms with Crippen molar-refractivity contribution >= 4 is 0 Å². The van der Waals surface area contributed by atoms with E-state index in [-0.39, 0.29) is 0 Å². The molecule has 0 bridgehead atoms. The molecule has 2 heteroatoms. The van der Waals surface area contributed by atoms with Gasteiger partial charge < -0.3 is 5.32 Å². The molecule has 1 aromatic carbocycles. The van der Waals surface area contributed by atoms with Crippen LogP contribution in [0.15, 0.2) is 24.3 Å². The summed E-state index contributed by atoms with van der Waals surface area (Å²) in [5, 5.41) is 3.81. The lowest BCUT2D eigenvalue weighted by Crippen LogP contribution is -2.50. The summed E-state index contributed by atoms with van der Waals surface area (Å²) in [5.74, 6) is 0. The van der Waals surface area contributed by atoms with Crippen molar-refractivity contribution in [3.63, 3.8) is 0 Å². The molecule has 2 unspecified atom stereocenters. The molecule has 2 aliphatic rings. The van der Waals surface area contributed by atoms with Crippen LogP contribution in [0.25, 0.3) is 0 Å². The van der Waals surface area contributed by atoms with Gasteiger partial charge in [-0.1, -0.05) is 31.2 Å². The van der Waals surface area contributed by atoms with Gasteiger partial charge in [-0.3, -0.25) is 4.90 Å². The number of nitrogens with zero attached hydrogens (tertiary/aromatic N) is 1. The summed E-state index contributed by atoms with van der Waals surface area (Å²) in [6.07, 6.45) is 5.09. The third kappa shape index (κ3) is 2.40. The molecule has 1 aromatic rings. The molecule has 1 saturated heterocycles. The standard InChI is InChI=1S/C18H28N2/c1-4-11-19-17-15-9-6-5-8-14(15)13-16(17)20-12-7-10-18(20,2)3/h5-6,8-9,16-17,19H,4,7,10-13H2,1-3H3. The fourth-order valence-electron chi connectivity index (χ4n) is 4.15. The van der Waals surface area contributed by atoms with Crippen molar-refractivity contribution in [1.82, 2.24) is 10.2 Å². The SMILES string of the molecule is CCCNC1c2ccccc2CC1N1CCCC1(C)C. The zero-order chi connectivity index (χ0) is 14.2. The van der Waals surface area contributed by atoms with Gasteiger partial charge in [-0.25, -0.2) is 0 Å². The number of fused-ring (bicyclic) bond motifs is 1. The zero-order valence-corrected chi connectivity index (χ0v) is 13.2. The molecule has 1 fully saturated rings. The minimum atomic E-state index is 0.360. The van der Waals surface area contributed by atoms with Crippen molar-refractivity contribution in [3.05, 3.63) is 35.4 Å². The van der Waals surface area contributed by atoms with Gasteiger partial charge in [-0.05, 0) is 63.7 Å². The lowest BCUT2D eigenvalue weighted by Gasteiger charge is -2.40. The summed E-state index contributed by atoms with van der Waals surface area (Å²) < 4.78 is 0. The summed E-state index contributed by atoms with van der Waals surface area (Å²) in [6, 6.07) is 10.2. The summed E-state index contributed by atoms with van der Waals surface area (Å²) in [7, 11) is 0. The topological polar surface area (TPSA) is 15.3 Å². The molecule has 0 saturated carbocycles. The van der Waals surface area contributed by atoms with E-state index in [0.29, 0.717) is 17.6 Å². The van der Waals surface area contributed by atoms with Gasteiger partial charge >= 0.3 is 0 Å².